The standard InChI is InChI=1S/C9H9ClN4/c1-5-2-3-14-6(4-5)7(10)8(13-14)9(11)12/h2-4H,1H3,(H3,11,12). The maximum absolute atomic E-state index is 7.28. The van der Waals surface area contributed by atoms with Crippen LogP contribution in [0.1, 0.15) is 11.3 Å². The molecule has 0 fully saturated rings. The maximum Gasteiger partial charge on any atom is 0.146 e. The van der Waals surface area contributed by atoms with E-state index in [9.17, 15) is 0 Å². The molecule has 0 saturated heterocycles. The molecule has 2 aromatic rings. The van der Waals surface area contributed by atoms with E-state index in [1.165, 1.54) is 0 Å². The van der Waals surface area contributed by atoms with Gasteiger partial charge >= 0.3 is 0 Å². The second kappa shape index (κ2) is 2.99. The molecule has 0 bridgehead atoms. The molecule has 0 atom stereocenters. The Hall–Kier alpha value is -1.55. The van der Waals surface area contributed by atoms with Gasteiger partial charge in [-0.1, -0.05) is 11.6 Å². The highest BCUT2D eigenvalue weighted by molar-refractivity contribution is 6.36. The molecule has 72 valence electrons. The summed E-state index contributed by atoms with van der Waals surface area (Å²) in [6.07, 6.45) is 1.79. The lowest BCUT2D eigenvalue weighted by Crippen LogP contribution is -2.12. The number of hydrogen-bond donors (Lipinski definition) is 2. The normalized spacial score (nSPS) is 10.7. The number of nitrogens with one attached hydrogen (secondary N) is 1. The molecule has 2 rings (SSSR count). The second-order valence-corrected chi connectivity index (χ2v) is 3.49. The Morgan fingerprint density at radius 3 is 3.00 bits per heavy atom. The molecule has 0 amide bonds. The lowest BCUT2D eigenvalue weighted by Gasteiger charge is -1.93. The Balaban J connectivity index is 2.80. The van der Waals surface area contributed by atoms with Gasteiger partial charge in [0.15, 0.2) is 0 Å². The van der Waals surface area contributed by atoms with Gasteiger partial charge in [0.05, 0.1) is 10.5 Å². The summed E-state index contributed by atoms with van der Waals surface area (Å²) in [6.45, 7) is 1.97. The summed E-state index contributed by atoms with van der Waals surface area (Å²) in [5.41, 5.74) is 7.54. The molecule has 3 N–H and O–H groups in total. The SMILES string of the molecule is Cc1ccn2nc(C(=N)N)c(Cl)c2c1. The zero-order valence-electron chi connectivity index (χ0n) is 7.58. The van der Waals surface area contributed by atoms with Crippen LogP contribution in [0.4, 0.5) is 0 Å². The average molecular weight is 209 g/mol. The molecule has 4 nitrogen and oxygen atoms in total. The summed E-state index contributed by atoms with van der Waals surface area (Å²) in [4.78, 5) is 0. The number of rotatable bonds is 1. The van der Waals surface area contributed by atoms with Crippen molar-refractivity contribution in [1.29, 1.82) is 5.41 Å². The van der Waals surface area contributed by atoms with Gasteiger partial charge in [0.1, 0.15) is 11.5 Å². The summed E-state index contributed by atoms with van der Waals surface area (Å²) >= 11 is 6.02. The van der Waals surface area contributed by atoms with Crippen LogP contribution < -0.4 is 5.73 Å². The summed E-state index contributed by atoms with van der Waals surface area (Å²) in [7, 11) is 0. The highest BCUT2D eigenvalue weighted by atomic mass is 35.5. The largest absolute Gasteiger partial charge is 0.382 e. The molecular weight excluding hydrogens is 200 g/mol. The number of aryl methyl sites for hydroxylation is 1. The van der Waals surface area contributed by atoms with E-state index >= 15 is 0 Å². The minimum Gasteiger partial charge on any atom is -0.382 e. The van der Waals surface area contributed by atoms with Crippen molar-refractivity contribution >= 4 is 23.0 Å². The molecule has 0 aliphatic carbocycles. The average Bonchev–Trinajstić information content (AvgIpc) is 2.44. The van der Waals surface area contributed by atoms with Crippen molar-refractivity contribution in [3.05, 3.63) is 34.6 Å². The number of fused-ring (bicyclic) bond motifs is 1. The number of amidine groups is 1. The number of nitrogen functional groups attached to an aromatic ring is 1. The van der Waals surface area contributed by atoms with Gasteiger partial charge in [-0.05, 0) is 24.6 Å². The third-order valence-electron chi connectivity index (χ3n) is 1.99. The Labute approximate surface area is 85.8 Å². The fourth-order valence-corrected chi connectivity index (χ4v) is 1.58. The molecule has 0 aliphatic heterocycles. The Bertz CT molecular complexity index is 515. The Morgan fingerprint density at radius 2 is 2.36 bits per heavy atom. The van der Waals surface area contributed by atoms with E-state index in [0.29, 0.717) is 10.7 Å². The Kier molecular flexibility index (Phi) is 1.93. The molecule has 0 radical (unpaired) electrons. The van der Waals surface area contributed by atoms with Crippen molar-refractivity contribution in [1.82, 2.24) is 9.61 Å². The summed E-state index contributed by atoms with van der Waals surface area (Å²) in [5, 5.41) is 11.8. The van der Waals surface area contributed by atoms with Crippen LogP contribution in [0.2, 0.25) is 5.02 Å². The first-order valence-electron chi connectivity index (χ1n) is 4.08. The van der Waals surface area contributed by atoms with Crippen LogP contribution >= 0.6 is 11.6 Å². The van der Waals surface area contributed by atoms with Crippen LogP contribution in [0.15, 0.2) is 18.3 Å². The summed E-state index contributed by atoms with van der Waals surface area (Å²) in [6, 6.07) is 3.82. The van der Waals surface area contributed by atoms with Crippen LogP contribution in [-0.2, 0) is 0 Å². The van der Waals surface area contributed by atoms with E-state index in [4.69, 9.17) is 22.7 Å². The molecule has 2 aromatic heterocycles. The minimum absolute atomic E-state index is 0.114. The molecule has 2 heterocycles. The van der Waals surface area contributed by atoms with Crippen LogP contribution in [0.5, 0.6) is 0 Å². The van der Waals surface area contributed by atoms with Gasteiger partial charge in [0.25, 0.3) is 0 Å². The monoisotopic (exact) mass is 208 g/mol. The van der Waals surface area contributed by atoms with Crippen LogP contribution in [-0.4, -0.2) is 15.4 Å². The summed E-state index contributed by atoms with van der Waals surface area (Å²) in [5.74, 6) is -0.114. The molecule has 0 saturated carbocycles. The molecule has 0 aliphatic rings. The van der Waals surface area contributed by atoms with Gasteiger partial charge < -0.3 is 5.73 Å². The highest BCUT2D eigenvalue weighted by Crippen LogP contribution is 2.21. The zero-order chi connectivity index (χ0) is 10.3. The third-order valence-corrected chi connectivity index (χ3v) is 2.36. The second-order valence-electron chi connectivity index (χ2n) is 3.11. The van der Waals surface area contributed by atoms with Crippen LogP contribution in [0, 0.1) is 12.3 Å². The van der Waals surface area contributed by atoms with Gasteiger partial charge in [-0.25, -0.2) is 4.52 Å². The quantitative estimate of drug-likeness (QED) is 0.552. The summed E-state index contributed by atoms with van der Waals surface area (Å²) < 4.78 is 1.62. The number of nitrogens with two attached hydrogens (primary N) is 1. The smallest absolute Gasteiger partial charge is 0.146 e. The fourth-order valence-electron chi connectivity index (χ4n) is 1.29. The predicted molar refractivity (Wildman–Crippen MR) is 56.0 cm³/mol. The molecular formula is C9H9ClN4. The van der Waals surface area contributed by atoms with Gasteiger partial charge in [0.2, 0.25) is 0 Å². The van der Waals surface area contributed by atoms with E-state index in [2.05, 4.69) is 5.10 Å². The van der Waals surface area contributed by atoms with E-state index in [0.717, 1.165) is 11.1 Å². The maximum atomic E-state index is 7.28. The van der Waals surface area contributed by atoms with E-state index in [1.807, 2.05) is 19.1 Å². The molecule has 0 aromatic carbocycles. The predicted octanol–water partition coefficient (Wildman–Crippen LogP) is 1.58. The molecule has 0 spiro atoms. The lowest BCUT2D eigenvalue weighted by atomic mass is 10.2. The zero-order valence-corrected chi connectivity index (χ0v) is 8.34. The lowest BCUT2D eigenvalue weighted by molar-refractivity contribution is 0.948. The van der Waals surface area contributed by atoms with Gasteiger partial charge in [-0.3, -0.25) is 5.41 Å². The Morgan fingerprint density at radius 1 is 1.64 bits per heavy atom. The van der Waals surface area contributed by atoms with Crippen LogP contribution in [0.25, 0.3) is 5.52 Å². The minimum atomic E-state index is -0.114. The van der Waals surface area contributed by atoms with Crippen molar-refractivity contribution in [2.45, 2.75) is 6.92 Å². The highest BCUT2D eigenvalue weighted by Gasteiger charge is 2.12. The number of aromatic nitrogens is 2. The van der Waals surface area contributed by atoms with Crippen molar-refractivity contribution in [2.24, 2.45) is 5.73 Å². The number of hydrogen-bond acceptors (Lipinski definition) is 2. The number of halogens is 1. The van der Waals surface area contributed by atoms with Crippen molar-refractivity contribution < 1.29 is 0 Å². The first-order valence-corrected chi connectivity index (χ1v) is 4.46. The third kappa shape index (κ3) is 1.24. The van der Waals surface area contributed by atoms with E-state index < -0.39 is 0 Å². The van der Waals surface area contributed by atoms with Gasteiger partial charge in [-0.2, -0.15) is 5.10 Å². The number of nitrogens with zero attached hydrogens (tertiary/aromatic N) is 2. The van der Waals surface area contributed by atoms with Crippen molar-refractivity contribution in [3.63, 3.8) is 0 Å². The first-order chi connectivity index (χ1) is 6.59. The number of pyridine rings is 1. The fraction of sp³-hybridized carbons (Fsp3) is 0.111. The van der Waals surface area contributed by atoms with Crippen molar-refractivity contribution in [3.8, 4) is 0 Å². The van der Waals surface area contributed by atoms with E-state index in [1.54, 1.807) is 10.7 Å². The first kappa shape index (κ1) is 9.02. The molecule has 0 unspecified atom stereocenters. The van der Waals surface area contributed by atoms with Gasteiger partial charge in [-0.15, -0.1) is 0 Å². The topological polar surface area (TPSA) is 67.2 Å². The van der Waals surface area contributed by atoms with Crippen molar-refractivity contribution in [2.75, 3.05) is 0 Å². The van der Waals surface area contributed by atoms with Crippen LogP contribution in [0.3, 0.4) is 0 Å². The van der Waals surface area contributed by atoms with E-state index in [-0.39, 0.29) is 5.84 Å². The molecule has 5 heteroatoms. The molecule has 14 heavy (non-hydrogen) atoms. The van der Waals surface area contributed by atoms with Gasteiger partial charge in [0, 0.05) is 6.20 Å².